The van der Waals surface area contributed by atoms with Crippen LogP contribution in [0, 0.1) is 11.8 Å². The van der Waals surface area contributed by atoms with E-state index in [4.69, 9.17) is 4.74 Å². The first-order valence-electron chi connectivity index (χ1n) is 8.51. The molecule has 0 spiro atoms. The Morgan fingerprint density at radius 2 is 1.55 bits per heavy atom. The molecule has 0 amide bonds. The summed E-state index contributed by atoms with van der Waals surface area (Å²) in [5.41, 5.74) is 0. The second-order valence-electron chi connectivity index (χ2n) is 5.94. The molecule has 0 bridgehead atoms. The van der Waals surface area contributed by atoms with Crippen molar-refractivity contribution in [3.8, 4) is 0 Å². The van der Waals surface area contributed by atoms with Crippen LogP contribution in [0.5, 0.6) is 0 Å². The van der Waals surface area contributed by atoms with Crippen molar-refractivity contribution >= 4 is 0 Å². The summed E-state index contributed by atoms with van der Waals surface area (Å²) < 4.78 is 5.29. The third-order valence-electron chi connectivity index (χ3n) is 2.97. The van der Waals surface area contributed by atoms with Gasteiger partial charge in [0.2, 0.25) is 0 Å². The Hall–Kier alpha value is -0.120. The maximum Gasteiger partial charge on any atom is 0.0594 e. The summed E-state index contributed by atoms with van der Waals surface area (Å²) in [6.07, 6.45) is 2.70. The Labute approximate surface area is 128 Å². The molecule has 1 heterocycles. The molecule has 0 saturated carbocycles. The van der Waals surface area contributed by atoms with Crippen molar-refractivity contribution in [2.24, 2.45) is 11.8 Å². The minimum atomic E-state index is 0.787. The third kappa shape index (κ3) is 17.9. The smallest absolute Gasteiger partial charge is 0.0594 e. The van der Waals surface area contributed by atoms with E-state index >= 15 is 0 Å². The molecule has 3 heteroatoms. The molecular weight excluding hydrogens is 248 g/mol. The Bertz CT molecular complexity index is 166. The van der Waals surface area contributed by atoms with E-state index in [0.717, 1.165) is 44.7 Å². The van der Waals surface area contributed by atoms with E-state index < -0.39 is 0 Å². The van der Waals surface area contributed by atoms with Gasteiger partial charge in [-0.2, -0.15) is 0 Å². The van der Waals surface area contributed by atoms with Crippen molar-refractivity contribution in [2.75, 3.05) is 46.4 Å². The van der Waals surface area contributed by atoms with Crippen LogP contribution in [0.2, 0.25) is 0 Å². The van der Waals surface area contributed by atoms with Gasteiger partial charge in [-0.05, 0) is 44.8 Å². The van der Waals surface area contributed by atoms with Crippen molar-refractivity contribution in [1.82, 2.24) is 10.2 Å². The number of nitrogens with zero attached hydrogens (tertiary/aromatic N) is 1. The minimum absolute atomic E-state index is 0.787. The largest absolute Gasteiger partial charge is 0.379 e. The highest BCUT2D eigenvalue weighted by Crippen LogP contribution is 2.05. The molecule has 20 heavy (non-hydrogen) atoms. The van der Waals surface area contributed by atoms with Crippen molar-refractivity contribution in [1.29, 1.82) is 0 Å². The fourth-order valence-corrected chi connectivity index (χ4v) is 1.96. The highest BCUT2D eigenvalue weighted by atomic mass is 16.5. The highest BCUT2D eigenvalue weighted by Gasteiger charge is 2.09. The van der Waals surface area contributed by atoms with Crippen LogP contribution >= 0.6 is 0 Å². The van der Waals surface area contributed by atoms with Crippen molar-refractivity contribution < 1.29 is 4.74 Å². The maximum atomic E-state index is 5.29. The Kier molecular flexibility index (Phi) is 18.8. The minimum Gasteiger partial charge on any atom is -0.379 e. The molecular formula is C17H40N2O. The van der Waals surface area contributed by atoms with Crippen LogP contribution in [0.15, 0.2) is 0 Å². The first kappa shape index (κ1) is 22.2. The van der Waals surface area contributed by atoms with E-state index in [2.05, 4.69) is 37.9 Å². The number of rotatable bonds is 6. The van der Waals surface area contributed by atoms with Gasteiger partial charge in [0.1, 0.15) is 0 Å². The van der Waals surface area contributed by atoms with Gasteiger partial charge in [-0.15, -0.1) is 0 Å². The predicted molar refractivity (Wildman–Crippen MR) is 91.4 cm³/mol. The van der Waals surface area contributed by atoms with Crippen LogP contribution in [-0.4, -0.2) is 51.3 Å². The maximum absolute atomic E-state index is 5.29. The van der Waals surface area contributed by atoms with Gasteiger partial charge < -0.3 is 10.1 Å². The number of hydrogen-bond acceptors (Lipinski definition) is 3. The molecule has 0 aliphatic carbocycles. The van der Waals surface area contributed by atoms with E-state index in [1.807, 2.05) is 20.9 Å². The van der Waals surface area contributed by atoms with Gasteiger partial charge in [-0.3, -0.25) is 4.90 Å². The van der Waals surface area contributed by atoms with Crippen molar-refractivity contribution in [3.63, 3.8) is 0 Å². The molecule has 0 aromatic rings. The number of hydrogen-bond donors (Lipinski definition) is 1. The average Bonchev–Trinajstić information content (AvgIpc) is 2.42. The lowest BCUT2D eigenvalue weighted by Gasteiger charge is -2.26. The summed E-state index contributed by atoms with van der Waals surface area (Å²) in [6, 6.07) is 0. The molecule has 1 N–H and O–H groups in total. The molecule has 3 nitrogen and oxygen atoms in total. The van der Waals surface area contributed by atoms with Crippen LogP contribution in [0.3, 0.4) is 0 Å². The van der Waals surface area contributed by atoms with Crippen LogP contribution in [-0.2, 0) is 4.74 Å². The van der Waals surface area contributed by atoms with E-state index in [9.17, 15) is 0 Å². The van der Waals surface area contributed by atoms with Gasteiger partial charge in [0.15, 0.2) is 0 Å². The van der Waals surface area contributed by atoms with Crippen LogP contribution in [0.1, 0.15) is 54.4 Å². The highest BCUT2D eigenvalue weighted by molar-refractivity contribution is 4.61. The molecule has 0 aromatic heterocycles. The summed E-state index contributed by atoms with van der Waals surface area (Å²) in [5, 5.41) is 3.07. The topological polar surface area (TPSA) is 24.5 Å². The van der Waals surface area contributed by atoms with Crippen LogP contribution in [0.4, 0.5) is 0 Å². The van der Waals surface area contributed by atoms with Gasteiger partial charge >= 0.3 is 0 Å². The van der Waals surface area contributed by atoms with Gasteiger partial charge in [0.05, 0.1) is 13.2 Å². The Morgan fingerprint density at radius 3 is 1.90 bits per heavy atom. The zero-order valence-corrected chi connectivity index (χ0v) is 15.2. The second kappa shape index (κ2) is 16.9. The molecule has 0 atom stereocenters. The first-order valence-corrected chi connectivity index (χ1v) is 8.51. The van der Waals surface area contributed by atoms with Crippen molar-refractivity contribution in [2.45, 2.75) is 54.4 Å². The predicted octanol–water partition coefficient (Wildman–Crippen LogP) is 3.64. The fourth-order valence-electron chi connectivity index (χ4n) is 1.96. The van der Waals surface area contributed by atoms with Crippen LogP contribution in [0.25, 0.3) is 0 Å². The summed E-state index contributed by atoms with van der Waals surface area (Å²) in [4.78, 5) is 2.51. The monoisotopic (exact) mass is 288 g/mol. The molecule has 1 saturated heterocycles. The molecule has 1 aliphatic heterocycles. The van der Waals surface area contributed by atoms with Gasteiger partial charge in [0.25, 0.3) is 0 Å². The molecule has 1 aliphatic rings. The van der Waals surface area contributed by atoms with Gasteiger partial charge in [-0.1, -0.05) is 41.5 Å². The van der Waals surface area contributed by atoms with E-state index in [1.165, 1.54) is 19.4 Å². The molecule has 0 radical (unpaired) electrons. The zero-order valence-electron chi connectivity index (χ0n) is 15.2. The van der Waals surface area contributed by atoms with E-state index in [1.54, 1.807) is 0 Å². The summed E-state index contributed by atoms with van der Waals surface area (Å²) in [6.45, 7) is 19.5. The summed E-state index contributed by atoms with van der Waals surface area (Å²) in [5.74, 6) is 1.64. The lowest BCUT2D eigenvalue weighted by Crippen LogP contribution is -2.36. The molecule has 0 aromatic carbocycles. The quantitative estimate of drug-likeness (QED) is 0.807. The van der Waals surface area contributed by atoms with E-state index in [0.29, 0.717) is 0 Å². The normalized spacial score (nSPS) is 15.4. The average molecular weight is 289 g/mol. The van der Waals surface area contributed by atoms with E-state index in [-0.39, 0.29) is 0 Å². The number of ether oxygens (including phenoxy) is 1. The fraction of sp³-hybridized carbons (Fsp3) is 1.00. The first-order chi connectivity index (χ1) is 9.56. The van der Waals surface area contributed by atoms with Crippen molar-refractivity contribution in [3.05, 3.63) is 0 Å². The lowest BCUT2D eigenvalue weighted by molar-refractivity contribution is 0.0368. The number of morpholine rings is 1. The number of nitrogens with one attached hydrogen (secondary N) is 1. The summed E-state index contributed by atoms with van der Waals surface area (Å²) >= 11 is 0. The second-order valence-corrected chi connectivity index (χ2v) is 5.94. The third-order valence-corrected chi connectivity index (χ3v) is 2.97. The SMILES string of the molecule is CC.CC(C)CCCN1CCOCC1.CNCC(C)C. The standard InChI is InChI=1S/C10H21NO.C5H13N.C2H6/c1-10(2)4-3-5-11-6-8-12-9-7-11;1-5(2)4-6-3;1-2/h10H,3-9H2,1-2H3;5-6H,4H2,1-3H3;1-2H3. The van der Waals surface area contributed by atoms with Crippen LogP contribution < -0.4 is 5.32 Å². The van der Waals surface area contributed by atoms with Gasteiger partial charge in [-0.25, -0.2) is 0 Å². The Morgan fingerprint density at radius 1 is 1.00 bits per heavy atom. The molecule has 1 rings (SSSR count). The molecule has 124 valence electrons. The lowest BCUT2D eigenvalue weighted by atomic mass is 10.1. The molecule has 0 unspecified atom stereocenters. The Balaban J connectivity index is 0. The molecule has 1 fully saturated rings. The summed E-state index contributed by atoms with van der Waals surface area (Å²) in [7, 11) is 1.97. The van der Waals surface area contributed by atoms with Gasteiger partial charge in [0, 0.05) is 13.1 Å². The zero-order chi connectivity index (χ0) is 15.8.